The zero-order valence-electron chi connectivity index (χ0n) is 12.2. The van der Waals surface area contributed by atoms with Crippen molar-refractivity contribution in [2.75, 3.05) is 7.11 Å². The Morgan fingerprint density at radius 3 is 2.65 bits per heavy atom. The molecule has 0 saturated heterocycles. The number of hydrogen-bond donors (Lipinski definition) is 2. The number of nitrogens with zero attached hydrogens (tertiary/aromatic N) is 1. The number of benzene rings is 1. The molecule has 0 amide bonds. The topological polar surface area (TPSA) is 54.4 Å². The number of phenolic OH excluding ortho intramolecular Hbond substituents is 1. The maximum atomic E-state index is 9.63. The molecule has 1 heterocycles. The Kier molecular flexibility index (Phi) is 4.62. The van der Waals surface area contributed by atoms with E-state index in [0.717, 1.165) is 10.6 Å². The minimum Gasteiger partial charge on any atom is -0.504 e. The van der Waals surface area contributed by atoms with Gasteiger partial charge in [0, 0.05) is 17.1 Å². The summed E-state index contributed by atoms with van der Waals surface area (Å²) in [5.41, 5.74) is 1.07. The van der Waals surface area contributed by atoms with E-state index in [2.05, 4.69) is 31.1 Å². The lowest BCUT2D eigenvalue weighted by atomic mass is 10.1. The Bertz CT molecular complexity index is 583. The van der Waals surface area contributed by atoms with Gasteiger partial charge >= 0.3 is 0 Å². The number of rotatable bonds is 5. The Morgan fingerprint density at radius 2 is 2.05 bits per heavy atom. The summed E-state index contributed by atoms with van der Waals surface area (Å²) in [6, 6.07) is 5.74. The Morgan fingerprint density at radius 1 is 1.30 bits per heavy atom. The highest BCUT2D eigenvalue weighted by molar-refractivity contribution is 7.11. The molecule has 108 valence electrons. The van der Waals surface area contributed by atoms with Crippen LogP contribution in [0.3, 0.4) is 0 Å². The molecule has 2 unspecified atom stereocenters. The van der Waals surface area contributed by atoms with Crippen molar-refractivity contribution in [3.8, 4) is 11.5 Å². The number of methoxy groups -OCH3 is 1. The smallest absolute Gasteiger partial charge is 0.160 e. The fraction of sp³-hybridized carbons (Fsp3) is 0.400. The standard InChI is InChI=1S/C15H20N2O2S/c1-9-8-16-15(20-9)11(3)17-10(2)12-5-6-13(18)14(7-12)19-4/h5-8,10-11,17-18H,1-4H3. The van der Waals surface area contributed by atoms with Gasteiger partial charge in [-0.2, -0.15) is 0 Å². The summed E-state index contributed by atoms with van der Waals surface area (Å²) in [6.07, 6.45) is 1.90. The first kappa shape index (κ1) is 14.8. The zero-order chi connectivity index (χ0) is 14.7. The molecular formula is C15H20N2O2S. The molecule has 0 aliphatic rings. The largest absolute Gasteiger partial charge is 0.504 e. The van der Waals surface area contributed by atoms with E-state index in [1.165, 1.54) is 4.88 Å². The van der Waals surface area contributed by atoms with Gasteiger partial charge < -0.3 is 15.2 Å². The second kappa shape index (κ2) is 6.24. The number of hydrogen-bond acceptors (Lipinski definition) is 5. The van der Waals surface area contributed by atoms with Gasteiger partial charge in [0.15, 0.2) is 11.5 Å². The van der Waals surface area contributed by atoms with Crippen LogP contribution in [0.25, 0.3) is 0 Å². The van der Waals surface area contributed by atoms with Gasteiger partial charge in [0.05, 0.1) is 13.2 Å². The number of ether oxygens (including phenoxy) is 1. The maximum absolute atomic E-state index is 9.63. The van der Waals surface area contributed by atoms with Gasteiger partial charge in [-0.15, -0.1) is 11.3 Å². The molecule has 1 aromatic heterocycles. The fourth-order valence-corrected chi connectivity index (χ4v) is 2.86. The van der Waals surface area contributed by atoms with Gasteiger partial charge in [-0.1, -0.05) is 6.07 Å². The lowest BCUT2D eigenvalue weighted by molar-refractivity contribution is 0.371. The Hall–Kier alpha value is -1.59. The van der Waals surface area contributed by atoms with Gasteiger partial charge in [-0.25, -0.2) is 4.98 Å². The number of aromatic nitrogens is 1. The van der Waals surface area contributed by atoms with Crippen molar-refractivity contribution in [3.05, 3.63) is 39.8 Å². The third kappa shape index (κ3) is 3.29. The summed E-state index contributed by atoms with van der Waals surface area (Å²) in [4.78, 5) is 5.62. The first-order valence-corrected chi connectivity index (χ1v) is 7.38. The minimum absolute atomic E-state index is 0.142. The van der Waals surface area contributed by atoms with E-state index < -0.39 is 0 Å². The van der Waals surface area contributed by atoms with Crippen LogP contribution >= 0.6 is 11.3 Å². The molecule has 1 aromatic carbocycles. The summed E-state index contributed by atoms with van der Waals surface area (Å²) in [5, 5.41) is 14.2. The molecule has 2 rings (SSSR count). The number of aryl methyl sites for hydroxylation is 1. The number of phenols is 1. The highest BCUT2D eigenvalue weighted by Crippen LogP contribution is 2.30. The van der Waals surface area contributed by atoms with Gasteiger partial charge in [0.25, 0.3) is 0 Å². The average Bonchev–Trinajstić information content (AvgIpc) is 2.86. The molecule has 0 aliphatic carbocycles. The van der Waals surface area contributed by atoms with Crippen molar-refractivity contribution in [1.29, 1.82) is 0 Å². The highest BCUT2D eigenvalue weighted by atomic mass is 32.1. The molecule has 2 N–H and O–H groups in total. The van der Waals surface area contributed by atoms with Crippen molar-refractivity contribution >= 4 is 11.3 Å². The van der Waals surface area contributed by atoms with Gasteiger partial charge in [0.2, 0.25) is 0 Å². The first-order valence-electron chi connectivity index (χ1n) is 6.56. The van der Waals surface area contributed by atoms with Crippen molar-refractivity contribution < 1.29 is 9.84 Å². The molecule has 5 heteroatoms. The summed E-state index contributed by atoms with van der Waals surface area (Å²) in [6.45, 7) is 6.25. The van der Waals surface area contributed by atoms with E-state index in [4.69, 9.17) is 4.74 Å². The molecule has 0 fully saturated rings. The highest BCUT2D eigenvalue weighted by Gasteiger charge is 2.15. The minimum atomic E-state index is 0.142. The van der Waals surface area contributed by atoms with Crippen LogP contribution in [0.1, 0.15) is 41.4 Å². The van der Waals surface area contributed by atoms with E-state index in [-0.39, 0.29) is 17.8 Å². The quantitative estimate of drug-likeness (QED) is 0.884. The number of nitrogens with one attached hydrogen (secondary N) is 1. The molecular weight excluding hydrogens is 272 g/mol. The second-order valence-corrected chi connectivity index (χ2v) is 6.12. The summed E-state index contributed by atoms with van der Waals surface area (Å²) in [7, 11) is 1.55. The molecule has 0 saturated carbocycles. The second-order valence-electron chi connectivity index (χ2n) is 4.85. The van der Waals surface area contributed by atoms with Crippen LogP contribution in [0.5, 0.6) is 11.5 Å². The van der Waals surface area contributed by atoms with Gasteiger partial charge in [-0.3, -0.25) is 0 Å². The summed E-state index contributed by atoms with van der Waals surface area (Å²) in [5.74, 6) is 0.654. The molecule has 0 bridgehead atoms. The molecule has 0 aliphatic heterocycles. The lowest BCUT2D eigenvalue weighted by Crippen LogP contribution is -2.22. The van der Waals surface area contributed by atoms with E-state index in [0.29, 0.717) is 5.75 Å². The normalized spacial score (nSPS) is 14.0. The summed E-state index contributed by atoms with van der Waals surface area (Å²) >= 11 is 1.70. The molecule has 0 spiro atoms. The van der Waals surface area contributed by atoms with Crippen LogP contribution in [0, 0.1) is 6.92 Å². The molecule has 0 radical (unpaired) electrons. The Balaban J connectivity index is 2.09. The van der Waals surface area contributed by atoms with Crippen LogP contribution < -0.4 is 10.1 Å². The van der Waals surface area contributed by atoms with Crippen molar-refractivity contribution in [2.24, 2.45) is 0 Å². The third-order valence-electron chi connectivity index (χ3n) is 3.21. The number of thiazole rings is 1. The molecule has 20 heavy (non-hydrogen) atoms. The Labute approximate surface area is 123 Å². The monoisotopic (exact) mass is 292 g/mol. The third-order valence-corrected chi connectivity index (χ3v) is 4.31. The fourth-order valence-electron chi connectivity index (χ4n) is 2.08. The lowest BCUT2D eigenvalue weighted by Gasteiger charge is -2.19. The number of aromatic hydroxyl groups is 1. The van der Waals surface area contributed by atoms with E-state index >= 15 is 0 Å². The summed E-state index contributed by atoms with van der Waals surface area (Å²) < 4.78 is 5.14. The van der Waals surface area contributed by atoms with Crippen molar-refractivity contribution in [2.45, 2.75) is 32.9 Å². The average molecular weight is 292 g/mol. The van der Waals surface area contributed by atoms with Gasteiger partial charge in [-0.05, 0) is 38.5 Å². The molecule has 2 atom stereocenters. The van der Waals surface area contributed by atoms with Crippen molar-refractivity contribution in [3.63, 3.8) is 0 Å². The van der Waals surface area contributed by atoms with E-state index in [9.17, 15) is 5.11 Å². The van der Waals surface area contributed by atoms with E-state index in [1.54, 1.807) is 24.5 Å². The van der Waals surface area contributed by atoms with Crippen LogP contribution in [0.2, 0.25) is 0 Å². The predicted molar refractivity (Wildman–Crippen MR) is 81.5 cm³/mol. The zero-order valence-corrected chi connectivity index (χ0v) is 13.0. The van der Waals surface area contributed by atoms with Gasteiger partial charge in [0.1, 0.15) is 5.01 Å². The SMILES string of the molecule is COc1cc(C(C)NC(C)c2ncc(C)s2)ccc1O. The molecule has 2 aromatic rings. The molecule has 4 nitrogen and oxygen atoms in total. The van der Waals surface area contributed by atoms with E-state index in [1.807, 2.05) is 18.3 Å². The van der Waals surface area contributed by atoms with Crippen LogP contribution in [0.4, 0.5) is 0 Å². The van der Waals surface area contributed by atoms with Crippen LogP contribution in [-0.4, -0.2) is 17.2 Å². The van der Waals surface area contributed by atoms with Crippen LogP contribution in [-0.2, 0) is 0 Å². The van der Waals surface area contributed by atoms with Crippen LogP contribution in [0.15, 0.2) is 24.4 Å². The van der Waals surface area contributed by atoms with Crippen molar-refractivity contribution in [1.82, 2.24) is 10.3 Å². The predicted octanol–water partition coefficient (Wildman–Crippen LogP) is 3.58. The maximum Gasteiger partial charge on any atom is 0.160 e. The first-order chi connectivity index (χ1) is 9.51.